The van der Waals surface area contributed by atoms with Gasteiger partial charge < -0.3 is 5.11 Å². The van der Waals surface area contributed by atoms with Crippen LogP contribution >= 0.6 is 11.8 Å². The molecule has 5 rings (SSSR count). The summed E-state index contributed by atoms with van der Waals surface area (Å²) in [7, 11) is 0. The van der Waals surface area contributed by atoms with Crippen molar-refractivity contribution >= 4 is 11.8 Å². The van der Waals surface area contributed by atoms with E-state index in [1.807, 2.05) is 0 Å². The van der Waals surface area contributed by atoms with Gasteiger partial charge in [-0.15, -0.1) is 0 Å². The topological polar surface area (TPSA) is 20.2 Å². The first-order valence-electron chi connectivity index (χ1n) is 8.81. The standard InChI is InChI=1S/C21H22OS/c22-21(12-14-6-5-7-15(13-21)23-14)20-18-10-3-1-8-16(18)17-9-2-4-11-19(17)20/h1-4,8-11,14-15,20,22H,5-7,12-13H2. The molecule has 2 heteroatoms. The number of aliphatic hydroxyl groups is 1. The summed E-state index contributed by atoms with van der Waals surface area (Å²) in [6.45, 7) is 0. The average molecular weight is 322 g/mol. The Kier molecular flexibility index (Phi) is 3.15. The molecule has 2 heterocycles. The number of rotatable bonds is 1. The van der Waals surface area contributed by atoms with Crippen molar-refractivity contribution in [1.82, 2.24) is 0 Å². The summed E-state index contributed by atoms with van der Waals surface area (Å²) in [6, 6.07) is 17.4. The highest BCUT2D eigenvalue weighted by molar-refractivity contribution is 8.00. The molecular weight excluding hydrogens is 300 g/mol. The molecule has 2 aromatic rings. The third-order valence-electron chi connectivity index (χ3n) is 5.97. The fourth-order valence-electron chi connectivity index (χ4n) is 5.12. The first kappa shape index (κ1) is 14.1. The van der Waals surface area contributed by atoms with Crippen molar-refractivity contribution in [3.63, 3.8) is 0 Å². The van der Waals surface area contributed by atoms with Crippen LogP contribution in [0.1, 0.15) is 49.1 Å². The first-order valence-corrected chi connectivity index (χ1v) is 9.75. The number of thioether (sulfide) groups is 1. The molecule has 0 saturated carbocycles. The minimum absolute atomic E-state index is 0.152. The predicted octanol–water partition coefficient (Wildman–Crippen LogP) is 4.98. The lowest BCUT2D eigenvalue weighted by molar-refractivity contribution is -0.00174. The van der Waals surface area contributed by atoms with E-state index in [0.717, 1.165) is 12.8 Å². The van der Waals surface area contributed by atoms with Gasteiger partial charge in [0.2, 0.25) is 0 Å². The average Bonchev–Trinajstić information content (AvgIpc) is 2.89. The normalized spacial score (nSPS) is 32.4. The highest BCUT2D eigenvalue weighted by atomic mass is 32.2. The molecule has 2 saturated heterocycles. The monoisotopic (exact) mass is 322 g/mol. The van der Waals surface area contributed by atoms with Crippen LogP contribution in [0.3, 0.4) is 0 Å². The van der Waals surface area contributed by atoms with E-state index in [1.165, 1.54) is 41.5 Å². The van der Waals surface area contributed by atoms with E-state index >= 15 is 0 Å². The van der Waals surface area contributed by atoms with Gasteiger partial charge in [-0.1, -0.05) is 55.0 Å². The Balaban J connectivity index is 1.65. The van der Waals surface area contributed by atoms with Crippen molar-refractivity contribution < 1.29 is 5.11 Å². The molecule has 3 aliphatic rings. The molecule has 1 nitrogen and oxygen atoms in total. The molecule has 2 atom stereocenters. The molecule has 0 spiro atoms. The number of benzene rings is 2. The van der Waals surface area contributed by atoms with E-state index < -0.39 is 5.60 Å². The van der Waals surface area contributed by atoms with E-state index in [4.69, 9.17) is 0 Å². The van der Waals surface area contributed by atoms with E-state index in [1.54, 1.807) is 0 Å². The quantitative estimate of drug-likeness (QED) is 0.799. The van der Waals surface area contributed by atoms with Gasteiger partial charge in [0, 0.05) is 16.4 Å². The van der Waals surface area contributed by atoms with Crippen molar-refractivity contribution in [3.8, 4) is 11.1 Å². The third kappa shape index (κ3) is 2.11. The van der Waals surface area contributed by atoms with E-state index in [9.17, 15) is 5.11 Å². The van der Waals surface area contributed by atoms with Crippen LogP contribution in [-0.4, -0.2) is 21.2 Å². The summed E-state index contributed by atoms with van der Waals surface area (Å²) in [6.07, 6.45) is 5.79. The molecule has 23 heavy (non-hydrogen) atoms. The summed E-state index contributed by atoms with van der Waals surface area (Å²) in [5, 5.41) is 13.0. The van der Waals surface area contributed by atoms with Crippen LogP contribution < -0.4 is 0 Å². The SMILES string of the molecule is OC1(C2c3ccccc3-c3ccccc32)CC2CCCC(C1)S2. The maximum Gasteiger partial charge on any atom is 0.0777 e. The molecule has 2 aromatic carbocycles. The third-order valence-corrected chi connectivity index (χ3v) is 7.55. The second kappa shape index (κ2) is 5.12. The lowest BCUT2D eigenvalue weighted by Gasteiger charge is -2.47. The zero-order valence-electron chi connectivity index (χ0n) is 13.2. The molecule has 2 bridgehead atoms. The van der Waals surface area contributed by atoms with Crippen LogP contribution in [-0.2, 0) is 0 Å². The van der Waals surface area contributed by atoms with Gasteiger partial charge in [-0.05, 0) is 47.9 Å². The Hall–Kier alpha value is -1.25. The number of fused-ring (bicyclic) bond motifs is 5. The van der Waals surface area contributed by atoms with E-state index in [-0.39, 0.29) is 5.92 Å². The molecular formula is C21H22OS. The van der Waals surface area contributed by atoms with Crippen LogP contribution in [0.2, 0.25) is 0 Å². The zero-order valence-corrected chi connectivity index (χ0v) is 14.1. The molecule has 1 N–H and O–H groups in total. The fraction of sp³-hybridized carbons (Fsp3) is 0.429. The largest absolute Gasteiger partial charge is 0.389 e. The Labute approximate surface area is 142 Å². The minimum atomic E-state index is -0.580. The van der Waals surface area contributed by atoms with E-state index in [0.29, 0.717) is 10.5 Å². The summed E-state index contributed by atoms with van der Waals surface area (Å²) < 4.78 is 0. The zero-order chi connectivity index (χ0) is 15.4. The maximum atomic E-state index is 11.8. The molecule has 1 aliphatic carbocycles. The molecule has 2 unspecified atom stereocenters. The van der Waals surface area contributed by atoms with Crippen molar-refractivity contribution in [2.24, 2.45) is 0 Å². The molecule has 2 fully saturated rings. The van der Waals surface area contributed by atoms with Gasteiger partial charge >= 0.3 is 0 Å². The highest BCUT2D eigenvalue weighted by Crippen LogP contribution is 2.56. The van der Waals surface area contributed by atoms with Crippen LogP contribution in [0.25, 0.3) is 11.1 Å². The summed E-state index contributed by atoms with van der Waals surface area (Å²) in [4.78, 5) is 0. The van der Waals surface area contributed by atoms with Crippen molar-refractivity contribution in [3.05, 3.63) is 59.7 Å². The van der Waals surface area contributed by atoms with E-state index in [2.05, 4.69) is 60.3 Å². The van der Waals surface area contributed by atoms with Crippen LogP contribution in [0, 0.1) is 0 Å². The van der Waals surface area contributed by atoms with Crippen LogP contribution in [0.5, 0.6) is 0 Å². The second-order valence-electron chi connectivity index (χ2n) is 7.43. The number of hydrogen-bond donors (Lipinski definition) is 1. The second-order valence-corrected chi connectivity index (χ2v) is 9.04. The first-order chi connectivity index (χ1) is 11.2. The number of hydrogen-bond acceptors (Lipinski definition) is 2. The van der Waals surface area contributed by atoms with Gasteiger partial charge in [0.15, 0.2) is 0 Å². The van der Waals surface area contributed by atoms with Crippen molar-refractivity contribution in [2.75, 3.05) is 0 Å². The molecule has 0 radical (unpaired) electrons. The summed E-state index contributed by atoms with van der Waals surface area (Å²) in [5.74, 6) is 0.152. The smallest absolute Gasteiger partial charge is 0.0777 e. The van der Waals surface area contributed by atoms with Crippen molar-refractivity contribution in [1.29, 1.82) is 0 Å². The summed E-state index contributed by atoms with van der Waals surface area (Å²) in [5.41, 5.74) is 4.74. The molecule has 2 aliphatic heterocycles. The highest BCUT2D eigenvalue weighted by Gasteiger charge is 2.49. The minimum Gasteiger partial charge on any atom is -0.389 e. The predicted molar refractivity (Wildman–Crippen MR) is 96.9 cm³/mol. The Morgan fingerprint density at radius 3 is 1.91 bits per heavy atom. The van der Waals surface area contributed by atoms with Crippen LogP contribution in [0.4, 0.5) is 0 Å². The fourth-order valence-corrected chi connectivity index (χ4v) is 7.04. The Morgan fingerprint density at radius 2 is 1.35 bits per heavy atom. The van der Waals surface area contributed by atoms with Gasteiger partial charge in [-0.2, -0.15) is 11.8 Å². The van der Waals surface area contributed by atoms with Gasteiger partial charge in [0.1, 0.15) is 0 Å². The Morgan fingerprint density at radius 1 is 0.826 bits per heavy atom. The van der Waals surface area contributed by atoms with Gasteiger partial charge in [0.25, 0.3) is 0 Å². The van der Waals surface area contributed by atoms with Crippen LogP contribution in [0.15, 0.2) is 48.5 Å². The Bertz CT molecular complexity index is 696. The summed E-state index contributed by atoms with van der Waals surface area (Å²) >= 11 is 2.14. The maximum absolute atomic E-state index is 11.8. The lowest BCUT2D eigenvalue weighted by Crippen LogP contribution is -2.46. The lowest BCUT2D eigenvalue weighted by atomic mass is 9.72. The van der Waals surface area contributed by atoms with Gasteiger partial charge in [-0.25, -0.2) is 0 Å². The molecule has 0 amide bonds. The van der Waals surface area contributed by atoms with Gasteiger partial charge in [-0.3, -0.25) is 0 Å². The van der Waals surface area contributed by atoms with Gasteiger partial charge in [0.05, 0.1) is 5.60 Å². The molecule has 118 valence electrons. The van der Waals surface area contributed by atoms with Crippen molar-refractivity contribution in [2.45, 2.75) is 54.1 Å². The molecule has 0 aromatic heterocycles.